The number of nitrogens with one attached hydrogen (secondary N) is 2. The number of oxime groups is 1. The predicted octanol–water partition coefficient (Wildman–Crippen LogP) is 3.71. The highest BCUT2D eigenvalue weighted by Crippen LogP contribution is 2.38. The number of hydrogen-bond acceptors (Lipinski definition) is 5. The molecule has 2 N–H and O–H groups in total. The largest absolute Gasteiger partial charge is 0.394 e. The zero-order valence-corrected chi connectivity index (χ0v) is 16.8. The van der Waals surface area contributed by atoms with Crippen LogP contribution in [0.3, 0.4) is 0 Å². The van der Waals surface area contributed by atoms with Crippen molar-refractivity contribution in [2.24, 2.45) is 5.16 Å². The Morgan fingerprint density at radius 2 is 1.59 bits per heavy atom. The summed E-state index contributed by atoms with van der Waals surface area (Å²) in [5, 5.41) is 10.8. The van der Waals surface area contributed by atoms with Crippen LogP contribution in [0.1, 0.15) is 24.0 Å². The van der Waals surface area contributed by atoms with E-state index in [2.05, 4.69) is 20.7 Å². The van der Waals surface area contributed by atoms with Gasteiger partial charge < -0.3 is 15.5 Å². The van der Waals surface area contributed by atoms with Crippen LogP contribution in [0.25, 0.3) is 5.57 Å². The smallest absolute Gasteiger partial charge is 0.258 e. The Hall–Kier alpha value is -2.83. The van der Waals surface area contributed by atoms with Crippen molar-refractivity contribution in [3.05, 3.63) is 65.4 Å². The number of benzene rings is 2. The maximum atomic E-state index is 12.7. The quantitative estimate of drug-likeness (QED) is 0.458. The minimum Gasteiger partial charge on any atom is -0.394 e. The Morgan fingerprint density at radius 3 is 2.34 bits per heavy atom. The van der Waals surface area contributed by atoms with Crippen molar-refractivity contribution in [2.75, 3.05) is 36.9 Å². The van der Waals surface area contributed by atoms with Crippen LogP contribution < -0.4 is 10.6 Å². The average molecular weight is 411 g/mol. The number of hydrogen-bond donors (Lipinski definition) is 2. The van der Waals surface area contributed by atoms with Crippen molar-refractivity contribution in [2.45, 2.75) is 12.8 Å². The molecule has 1 fully saturated rings. The molecule has 0 unspecified atom stereocenters. The van der Waals surface area contributed by atoms with Gasteiger partial charge in [0.15, 0.2) is 0 Å². The fraction of sp³-hybridized carbons (Fsp3) is 0.273. The molecule has 7 heteroatoms. The molecule has 0 saturated carbocycles. The first-order valence-electron chi connectivity index (χ1n) is 9.75. The highest BCUT2D eigenvalue weighted by atomic mass is 35.5. The van der Waals surface area contributed by atoms with E-state index in [0.717, 1.165) is 42.1 Å². The number of allylic oxidation sites excluding steroid dienone is 1. The Kier molecular flexibility index (Phi) is 5.56. The molecule has 0 atom stereocenters. The number of fused-ring (bicyclic) bond motifs is 2. The van der Waals surface area contributed by atoms with Gasteiger partial charge >= 0.3 is 0 Å². The average Bonchev–Trinajstić information content (AvgIpc) is 3.42. The van der Waals surface area contributed by atoms with Gasteiger partial charge in [0.25, 0.3) is 5.91 Å². The molecule has 0 bridgehead atoms. The third kappa shape index (κ3) is 3.61. The van der Waals surface area contributed by atoms with Crippen molar-refractivity contribution >= 4 is 41.0 Å². The van der Waals surface area contributed by atoms with Gasteiger partial charge in [-0.25, -0.2) is 0 Å². The van der Waals surface area contributed by atoms with Gasteiger partial charge in [0.1, 0.15) is 12.3 Å². The van der Waals surface area contributed by atoms with Crippen LogP contribution in [-0.2, 0) is 9.63 Å². The van der Waals surface area contributed by atoms with Crippen molar-refractivity contribution in [3.63, 3.8) is 0 Å². The van der Waals surface area contributed by atoms with Crippen LogP contribution in [-0.4, -0.2) is 42.8 Å². The van der Waals surface area contributed by atoms with Crippen LogP contribution in [0.5, 0.6) is 0 Å². The molecule has 6 nitrogen and oxygen atoms in total. The highest BCUT2D eigenvalue weighted by Gasteiger charge is 2.34. The monoisotopic (exact) mass is 410 g/mol. The molecule has 0 spiro atoms. The van der Waals surface area contributed by atoms with E-state index in [4.69, 9.17) is 4.84 Å². The van der Waals surface area contributed by atoms with E-state index < -0.39 is 0 Å². The number of carbonyl (C=O) groups is 1. The fourth-order valence-electron chi connectivity index (χ4n) is 4.05. The molecule has 5 rings (SSSR count). The third-order valence-electron chi connectivity index (χ3n) is 5.45. The Morgan fingerprint density at radius 1 is 0.931 bits per heavy atom. The van der Waals surface area contributed by atoms with Gasteiger partial charge in [-0.2, -0.15) is 0 Å². The van der Waals surface area contributed by atoms with Gasteiger partial charge in [0, 0.05) is 29.0 Å². The maximum Gasteiger partial charge on any atom is 0.258 e. The summed E-state index contributed by atoms with van der Waals surface area (Å²) < 4.78 is 0. The summed E-state index contributed by atoms with van der Waals surface area (Å²) in [4.78, 5) is 20.8. The van der Waals surface area contributed by atoms with E-state index in [1.807, 2.05) is 48.5 Å². The number of para-hydroxylation sites is 2. The standard InChI is InChI=1S/C22H22N4O2.ClH/c27-22-19(15-7-1-3-9-17(15)24-22)21-20(16-8-2-4-10-18(16)23-21)25-28-14-13-26-11-5-6-12-26;/h1-4,7-10,23H,5-6,11-14H2,(H,24,27);1H/b21-19-,25-20+;. The highest BCUT2D eigenvalue weighted by molar-refractivity contribution is 6.39. The minimum atomic E-state index is -0.124. The SMILES string of the molecule is Cl.O=C1Nc2ccccc2/C1=C1/Nc2ccccc2/C1=N\OCCN1CCCC1. The molecule has 3 aliphatic rings. The maximum absolute atomic E-state index is 12.7. The normalized spacial score (nSPS) is 21.4. The lowest BCUT2D eigenvalue weighted by Gasteiger charge is -2.13. The zero-order valence-electron chi connectivity index (χ0n) is 16.0. The Bertz CT molecular complexity index is 996. The lowest BCUT2D eigenvalue weighted by molar-refractivity contribution is -0.110. The van der Waals surface area contributed by atoms with Crippen molar-refractivity contribution in [1.29, 1.82) is 0 Å². The van der Waals surface area contributed by atoms with E-state index in [0.29, 0.717) is 23.6 Å². The number of amides is 1. The molecule has 1 amide bonds. The van der Waals surface area contributed by atoms with Gasteiger partial charge in [-0.1, -0.05) is 41.6 Å². The summed E-state index contributed by atoms with van der Waals surface area (Å²) >= 11 is 0. The number of likely N-dealkylation sites (tertiary alicyclic amines) is 1. The van der Waals surface area contributed by atoms with Crippen molar-refractivity contribution in [3.8, 4) is 0 Å². The number of anilines is 2. The molecular formula is C22H23ClN4O2. The first-order chi connectivity index (χ1) is 13.8. The molecule has 150 valence electrons. The molecule has 0 aromatic heterocycles. The second kappa shape index (κ2) is 8.27. The molecule has 2 aromatic rings. The molecular weight excluding hydrogens is 388 g/mol. The molecule has 29 heavy (non-hydrogen) atoms. The summed E-state index contributed by atoms with van der Waals surface area (Å²) in [6.07, 6.45) is 2.52. The van der Waals surface area contributed by atoms with Gasteiger partial charge in [-0.05, 0) is 38.1 Å². The lowest BCUT2D eigenvalue weighted by Crippen LogP contribution is -2.23. The van der Waals surface area contributed by atoms with Crippen LogP contribution in [0, 0.1) is 0 Å². The second-order valence-electron chi connectivity index (χ2n) is 7.24. The summed E-state index contributed by atoms with van der Waals surface area (Å²) in [5.74, 6) is -0.124. The number of carbonyl (C=O) groups excluding carboxylic acids is 1. The van der Waals surface area contributed by atoms with Crippen LogP contribution in [0.15, 0.2) is 59.4 Å². The summed E-state index contributed by atoms with van der Waals surface area (Å²) in [6, 6.07) is 15.6. The Labute approximate surface area is 176 Å². The molecule has 3 heterocycles. The van der Waals surface area contributed by atoms with Gasteiger partial charge in [-0.3, -0.25) is 9.69 Å². The van der Waals surface area contributed by atoms with Gasteiger partial charge in [0.05, 0.1) is 11.3 Å². The van der Waals surface area contributed by atoms with E-state index in [1.54, 1.807) is 0 Å². The number of halogens is 1. The van der Waals surface area contributed by atoms with Crippen LogP contribution in [0.2, 0.25) is 0 Å². The van der Waals surface area contributed by atoms with Crippen molar-refractivity contribution < 1.29 is 9.63 Å². The lowest BCUT2D eigenvalue weighted by atomic mass is 10.0. The van der Waals surface area contributed by atoms with Crippen LogP contribution >= 0.6 is 12.4 Å². The molecule has 0 aliphatic carbocycles. The minimum absolute atomic E-state index is 0. The Balaban J connectivity index is 0.00000205. The fourth-order valence-corrected chi connectivity index (χ4v) is 4.05. The van der Waals surface area contributed by atoms with E-state index in [-0.39, 0.29) is 18.3 Å². The molecule has 3 aliphatic heterocycles. The zero-order chi connectivity index (χ0) is 18.9. The predicted molar refractivity (Wildman–Crippen MR) is 117 cm³/mol. The first kappa shape index (κ1) is 19.5. The first-order valence-corrected chi connectivity index (χ1v) is 9.75. The van der Waals surface area contributed by atoms with Crippen molar-refractivity contribution in [1.82, 2.24) is 4.90 Å². The van der Waals surface area contributed by atoms with Gasteiger partial charge in [0.2, 0.25) is 0 Å². The number of nitrogens with zero attached hydrogens (tertiary/aromatic N) is 2. The summed E-state index contributed by atoms with van der Waals surface area (Å²) in [6.45, 7) is 3.69. The van der Waals surface area contributed by atoms with E-state index in [1.165, 1.54) is 12.8 Å². The third-order valence-corrected chi connectivity index (χ3v) is 5.45. The summed E-state index contributed by atoms with van der Waals surface area (Å²) in [5.41, 5.74) is 5.57. The summed E-state index contributed by atoms with van der Waals surface area (Å²) in [7, 11) is 0. The van der Waals surface area contributed by atoms with Gasteiger partial charge in [-0.15, -0.1) is 12.4 Å². The van der Waals surface area contributed by atoms with E-state index >= 15 is 0 Å². The molecule has 1 saturated heterocycles. The second-order valence-corrected chi connectivity index (χ2v) is 7.24. The van der Waals surface area contributed by atoms with E-state index in [9.17, 15) is 4.79 Å². The molecule has 2 aromatic carbocycles. The van der Waals surface area contributed by atoms with Crippen LogP contribution in [0.4, 0.5) is 11.4 Å². The number of rotatable bonds is 4. The molecule has 0 radical (unpaired) electrons. The topological polar surface area (TPSA) is 66.0 Å².